The molecular formula is C20H21N5O2. The first-order chi connectivity index (χ1) is 13.1. The van der Waals surface area contributed by atoms with Crippen molar-refractivity contribution in [3.8, 4) is 5.69 Å². The van der Waals surface area contributed by atoms with E-state index < -0.39 is 5.91 Å². The lowest BCUT2D eigenvalue weighted by Crippen LogP contribution is -2.30. The van der Waals surface area contributed by atoms with Crippen LogP contribution >= 0.6 is 0 Å². The summed E-state index contributed by atoms with van der Waals surface area (Å²) in [6, 6.07) is 12.8. The Kier molecular flexibility index (Phi) is 4.60. The third kappa shape index (κ3) is 3.68. The van der Waals surface area contributed by atoms with Crippen molar-refractivity contribution in [3.05, 3.63) is 54.2 Å². The topological polar surface area (TPSA) is 93.2 Å². The predicted molar refractivity (Wildman–Crippen MR) is 104 cm³/mol. The summed E-state index contributed by atoms with van der Waals surface area (Å²) in [5, 5.41) is 8.25. The smallest absolute Gasteiger partial charge is 0.250 e. The zero-order chi connectivity index (χ0) is 18.8. The standard InChI is InChI=1S/C20H21N5O2/c21-20(27)17-5-3-4-14-12-25(23-19(14)17)16-8-6-15(7-9-16)22-18(26)13-24-10-1-2-11-24/h3-9,12H,1-2,10-11,13H2,(H2,21,27)(H,22,26). The molecule has 4 rings (SSSR count). The Labute approximate surface area is 156 Å². The molecule has 2 heterocycles. The highest BCUT2D eigenvalue weighted by molar-refractivity contribution is 6.04. The molecular weight excluding hydrogens is 342 g/mol. The summed E-state index contributed by atoms with van der Waals surface area (Å²) in [4.78, 5) is 25.9. The molecule has 3 N–H and O–H groups in total. The summed E-state index contributed by atoms with van der Waals surface area (Å²) in [5.41, 5.74) is 7.98. The van der Waals surface area contributed by atoms with Gasteiger partial charge in [0.15, 0.2) is 0 Å². The van der Waals surface area contributed by atoms with Gasteiger partial charge < -0.3 is 11.1 Å². The highest BCUT2D eigenvalue weighted by Crippen LogP contribution is 2.20. The summed E-state index contributed by atoms with van der Waals surface area (Å²) in [7, 11) is 0. The molecule has 0 aliphatic carbocycles. The molecule has 1 aliphatic rings. The van der Waals surface area contributed by atoms with Crippen molar-refractivity contribution in [2.45, 2.75) is 12.8 Å². The van der Waals surface area contributed by atoms with Crippen LogP contribution in [0, 0.1) is 0 Å². The number of hydrogen-bond acceptors (Lipinski definition) is 4. The molecule has 0 bridgehead atoms. The largest absolute Gasteiger partial charge is 0.366 e. The summed E-state index contributed by atoms with van der Waals surface area (Å²) in [5.74, 6) is -0.498. The Balaban J connectivity index is 1.50. The van der Waals surface area contributed by atoms with Crippen LogP contribution in [-0.2, 0) is 4.79 Å². The van der Waals surface area contributed by atoms with Crippen LogP contribution in [-0.4, -0.2) is 46.1 Å². The Morgan fingerprint density at radius 2 is 1.81 bits per heavy atom. The minimum absolute atomic E-state index is 0.000535. The number of carbonyl (C=O) groups is 2. The number of anilines is 1. The fourth-order valence-electron chi connectivity index (χ4n) is 3.42. The van der Waals surface area contributed by atoms with Gasteiger partial charge in [-0.2, -0.15) is 5.10 Å². The lowest BCUT2D eigenvalue weighted by atomic mass is 10.1. The van der Waals surface area contributed by atoms with Crippen LogP contribution in [0.4, 0.5) is 5.69 Å². The molecule has 27 heavy (non-hydrogen) atoms. The minimum atomic E-state index is -0.498. The van der Waals surface area contributed by atoms with Crippen molar-refractivity contribution in [2.24, 2.45) is 5.73 Å². The number of amides is 2. The van der Waals surface area contributed by atoms with Crippen molar-refractivity contribution < 1.29 is 9.59 Å². The van der Waals surface area contributed by atoms with Crippen LogP contribution in [0.5, 0.6) is 0 Å². The molecule has 0 radical (unpaired) electrons. The molecule has 138 valence electrons. The number of carbonyl (C=O) groups excluding carboxylic acids is 2. The average Bonchev–Trinajstić information content (AvgIpc) is 3.31. The second-order valence-electron chi connectivity index (χ2n) is 6.76. The molecule has 1 aliphatic heterocycles. The average molecular weight is 363 g/mol. The van der Waals surface area contributed by atoms with E-state index in [2.05, 4.69) is 15.3 Å². The number of nitrogens with zero attached hydrogens (tertiary/aromatic N) is 3. The highest BCUT2D eigenvalue weighted by Gasteiger charge is 2.15. The fraction of sp³-hybridized carbons (Fsp3) is 0.250. The number of rotatable bonds is 5. The van der Waals surface area contributed by atoms with Crippen LogP contribution in [0.2, 0.25) is 0 Å². The van der Waals surface area contributed by atoms with E-state index in [1.54, 1.807) is 16.8 Å². The number of hydrogen-bond donors (Lipinski definition) is 2. The van der Waals surface area contributed by atoms with Crippen LogP contribution in [0.1, 0.15) is 23.2 Å². The van der Waals surface area contributed by atoms with Gasteiger partial charge in [-0.15, -0.1) is 0 Å². The van der Waals surface area contributed by atoms with E-state index in [1.807, 2.05) is 36.5 Å². The monoisotopic (exact) mass is 363 g/mol. The second-order valence-corrected chi connectivity index (χ2v) is 6.76. The summed E-state index contributed by atoms with van der Waals surface area (Å²) >= 11 is 0. The van der Waals surface area contributed by atoms with E-state index in [0.29, 0.717) is 17.6 Å². The molecule has 0 spiro atoms. The number of nitrogens with two attached hydrogens (primary N) is 1. The maximum absolute atomic E-state index is 12.1. The van der Waals surface area contributed by atoms with E-state index >= 15 is 0 Å². The Bertz CT molecular complexity index is 987. The molecule has 7 heteroatoms. The predicted octanol–water partition coefficient (Wildman–Crippen LogP) is 2.16. The highest BCUT2D eigenvalue weighted by atomic mass is 16.2. The normalized spacial score (nSPS) is 14.5. The first-order valence-electron chi connectivity index (χ1n) is 9.01. The molecule has 2 aromatic carbocycles. The summed E-state index contributed by atoms with van der Waals surface area (Å²) in [6.07, 6.45) is 4.18. The molecule has 1 aromatic heterocycles. The van der Waals surface area contributed by atoms with Crippen LogP contribution in [0.25, 0.3) is 16.6 Å². The molecule has 0 unspecified atom stereocenters. The van der Waals surface area contributed by atoms with E-state index in [4.69, 9.17) is 5.73 Å². The van der Waals surface area contributed by atoms with Crippen molar-refractivity contribution in [1.82, 2.24) is 14.7 Å². The first-order valence-corrected chi connectivity index (χ1v) is 9.01. The van der Waals surface area contributed by atoms with E-state index in [0.717, 1.165) is 42.7 Å². The lowest BCUT2D eigenvalue weighted by Gasteiger charge is -2.14. The molecule has 0 atom stereocenters. The number of aromatic nitrogens is 2. The van der Waals surface area contributed by atoms with Crippen molar-refractivity contribution in [2.75, 3.05) is 25.0 Å². The summed E-state index contributed by atoms with van der Waals surface area (Å²) < 4.78 is 1.70. The third-order valence-corrected chi connectivity index (χ3v) is 4.78. The van der Waals surface area contributed by atoms with Gasteiger partial charge in [-0.05, 0) is 56.3 Å². The summed E-state index contributed by atoms with van der Waals surface area (Å²) in [6.45, 7) is 2.42. The molecule has 1 fully saturated rings. The quantitative estimate of drug-likeness (QED) is 0.726. The van der Waals surface area contributed by atoms with Crippen LogP contribution in [0.15, 0.2) is 48.7 Å². The molecule has 7 nitrogen and oxygen atoms in total. The van der Waals surface area contributed by atoms with Crippen molar-refractivity contribution >= 4 is 28.4 Å². The van der Waals surface area contributed by atoms with Gasteiger partial charge in [0.1, 0.15) is 5.52 Å². The molecule has 1 saturated heterocycles. The van der Waals surface area contributed by atoms with E-state index in [9.17, 15) is 9.59 Å². The van der Waals surface area contributed by atoms with Crippen LogP contribution in [0.3, 0.4) is 0 Å². The van der Waals surface area contributed by atoms with E-state index in [-0.39, 0.29) is 5.91 Å². The number of benzene rings is 2. The van der Waals surface area contributed by atoms with E-state index in [1.165, 1.54) is 0 Å². The number of nitrogens with one attached hydrogen (secondary N) is 1. The van der Waals surface area contributed by atoms with Gasteiger partial charge in [0.25, 0.3) is 5.91 Å². The maximum atomic E-state index is 12.1. The van der Waals surface area contributed by atoms with Gasteiger partial charge in [-0.1, -0.05) is 12.1 Å². The Morgan fingerprint density at radius 3 is 2.52 bits per heavy atom. The van der Waals surface area contributed by atoms with Crippen molar-refractivity contribution in [3.63, 3.8) is 0 Å². The van der Waals surface area contributed by atoms with Gasteiger partial charge in [0.05, 0.1) is 17.8 Å². The van der Waals surface area contributed by atoms with Crippen LogP contribution < -0.4 is 11.1 Å². The van der Waals surface area contributed by atoms with Gasteiger partial charge in [0.2, 0.25) is 5.91 Å². The first kappa shape index (κ1) is 17.2. The maximum Gasteiger partial charge on any atom is 0.250 e. The zero-order valence-corrected chi connectivity index (χ0v) is 14.9. The molecule has 2 amide bonds. The van der Waals surface area contributed by atoms with Gasteiger partial charge in [0, 0.05) is 17.3 Å². The lowest BCUT2D eigenvalue weighted by molar-refractivity contribution is -0.117. The van der Waals surface area contributed by atoms with Crippen molar-refractivity contribution in [1.29, 1.82) is 0 Å². The minimum Gasteiger partial charge on any atom is -0.366 e. The van der Waals surface area contributed by atoms with Gasteiger partial charge in [-0.3, -0.25) is 14.5 Å². The Hall–Kier alpha value is -3.19. The third-order valence-electron chi connectivity index (χ3n) is 4.78. The zero-order valence-electron chi connectivity index (χ0n) is 14.9. The number of likely N-dealkylation sites (tertiary alicyclic amines) is 1. The number of fused-ring (bicyclic) bond motifs is 1. The fourth-order valence-corrected chi connectivity index (χ4v) is 3.42. The SMILES string of the molecule is NC(=O)c1cccc2cn(-c3ccc(NC(=O)CN4CCCC4)cc3)nc12. The molecule has 0 saturated carbocycles. The number of primary amides is 1. The molecule has 3 aromatic rings. The second kappa shape index (κ2) is 7.20. The van der Waals surface area contributed by atoms with Gasteiger partial charge >= 0.3 is 0 Å². The Morgan fingerprint density at radius 1 is 1.07 bits per heavy atom. The van der Waals surface area contributed by atoms with Gasteiger partial charge in [-0.25, -0.2) is 4.68 Å².